The Morgan fingerprint density at radius 3 is 2.77 bits per heavy atom. The highest BCUT2D eigenvalue weighted by molar-refractivity contribution is 7.17. The second-order valence-electron chi connectivity index (χ2n) is 6.49. The monoisotopic (exact) mass is 376 g/mol. The van der Waals surface area contributed by atoms with E-state index in [1.165, 1.54) is 15.9 Å². The summed E-state index contributed by atoms with van der Waals surface area (Å²) in [5.74, 6) is 1.47. The lowest BCUT2D eigenvalue weighted by Crippen LogP contribution is -2.28. The van der Waals surface area contributed by atoms with Crippen molar-refractivity contribution in [3.05, 3.63) is 40.5 Å². The first-order valence-corrected chi connectivity index (χ1v) is 9.35. The zero-order valence-corrected chi connectivity index (χ0v) is 16.2. The first-order valence-electron chi connectivity index (χ1n) is 8.53. The Morgan fingerprint density at radius 2 is 2.12 bits per heavy atom. The fraction of sp³-hybridized carbons (Fsp3) is 0.444. The van der Waals surface area contributed by atoms with Crippen molar-refractivity contribution < 1.29 is 14.9 Å². The van der Waals surface area contributed by atoms with Gasteiger partial charge in [0.05, 0.1) is 23.6 Å². The van der Waals surface area contributed by atoms with Crippen molar-refractivity contribution in [1.82, 2.24) is 19.5 Å². The summed E-state index contributed by atoms with van der Waals surface area (Å²) in [5.41, 5.74) is 0.968. The molecule has 0 aliphatic heterocycles. The fourth-order valence-corrected chi connectivity index (χ4v) is 4.14. The van der Waals surface area contributed by atoms with Gasteiger partial charge in [-0.05, 0) is 45.5 Å². The molecule has 2 aromatic heterocycles. The summed E-state index contributed by atoms with van der Waals surface area (Å²) in [6.07, 6.45) is 0.0736. The van der Waals surface area contributed by atoms with Crippen LogP contribution >= 0.6 is 11.3 Å². The SMILES string of the molecule is Cc1nc2sc(C(c3cccc(OC(C)C)c3)N(C)CCO)c(O)n2n1. The summed E-state index contributed by atoms with van der Waals surface area (Å²) in [5, 5.41) is 24.4. The number of benzene rings is 1. The Balaban J connectivity index is 2.07. The van der Waals surface area contributed by atoms with Crippen LogP contribution < -0.4 is 4.74 Å². The van der Waals surface area contributed by atoms with Crippen molar-refractivity contribution >= 4 is 16.3 Å². The molecule has 1 unspecified atom stereocenters. The number of ether oxygens (including phenoxy) is 1. The van der Waals surface area contributed by atoms with E-state index in [2.05, 4.69) is 10.1 Å². The predicted molar refractivity (Wildman–Crippen MR) is 101 cm³/mol. The number of hydrogen-bond acceptors (Lipinski definition) is 7. The molecule has 2 N–H and O–H groups in total. The quantitative estimate of drug-likeness (QED) is 0.660. The molecule has 140 valence electrons. The third-order valence-corrected chi connectivity index (χ3v) is 5.07. The van der Waals surface area contributed by atoms with Crippen molar-refractivity contribution in [3.63, 3.8) is 0 Å². The Hall–Kier alpha value is -2.16. The average Bonchev–Trinajstić information content (AvgIpc) is 3.06. The highest BCUT2D eigenvalue weighted by atomic mass is 32.1. The molecule has 0 bridgehead atoms. The molecule has 8 heteroatoms. The van der Waals surface area contributed by atoms with Crippen LogP contribution in [0.3, 0.4) is 0 Å². The number of aliphatic hydroxyl groups excluding tert-OH is 1. The Bertz CT molecular complexity index is 890. The number of aliphatic hydroxyl groups is 1. The Labute approximate surface area is 156 Å². The minimum Gasteiger partial charge on any atom is -0.492 e. The van der Waals surface area contributed by atoms with Gasteiger partial charge in [-0.1, -0.05) is 23.5 Å². The van der Waals surface area contributed by atoms with Gasteiger partial charge in [-0.3, -0.25) is 4.90 Å². The number of aromatic hydroxyl groups is 1. The third-order valence-electron chi connectivity index (χ3n) is 3.99. The maximum Gasteiger partial charge on any atom is 0.230 e. The van der Waals surface area contributed by atoms with Gasteiger partial charge >= 0.3 is 0 Å². The van der Waals surface area contributed by atoms with Crippen LogP contribution in [-0.4, -0.2) is 56.0 Å². The van der Waals surface area contributed by atoms with Gasteiger partial charge in [-0.2, -0.15) is 4.52 Å². The minimum atomic E-state index is -0.244. The summed E-state index contributed by atoms with van der Waals surface area (Å²) < 4.78 is 7.28. The van der Waals surface area contributed by atoms with Crippen molar-refractivity contribution in [2.45, 2.75) is 32.9 Å². The van der Waals surface area contributed by atoms with Crippen molar-refractivity contribution in [2.24, 2.45) is 0 Å². The standard InChI is InChI=1S/C18H24N4O3S/c1-11(2)25-14-7-5-6-13(10-14)15(21(4)8-9-23)16-17(24)22-18(26-16)19-12(3)20-22/h5-7,10-11,15,23-24H,8-9H2,1-4H3. The largest absolute Gasteiger partial charge is 0.492 e. The van der Waals surface area contributed by atoms with Crippen LogP contribution in [0.25, 0.3) is 4.96 Å². The van der Waals surface area contributed by atoms with E-state index in [-0.39, 0.29) is 24.6 Å². The van der Waals surface area contributed by atoms with Crippen molar-refractivity contribution in [1.29, 1.82) is 0 Å². The summed E-state index contributed by atoms with van der Waals surface area (Å²) in [4.78, 5) is 7.72. The maximum absolute atomic E-state index is 10.7. The predicted octanol–water partition coefficient (Wildman–Crippen LogP) is 2.61. The number of hydrogen-bond donors (Lipinski definition) is 2. The number of likely N-dealkylation sites (N-methyl/N-ethyl adjacent to an activating group) is 1. The molecule has 0 aliphatic carbocycles. The second kappa shape index (κ2) is 7.61. The first kappa shape index (κ1) is 18.6. The number of aryl methyl sites for hydroxylation is 1. The Morgan fingerprint density at radius 1 is 1.35 bits per heavy atom. The third kappa shape index (κ3) is 3.67. The molecule has 2 heterocycles. The molecule has 7 nitrogen and oxygen atoms in total. The summed E-state index contributed by atoms with van der Waals surface area (Å²) >= 11 is 1.40. The molecule has 0 amide bonds. The van der Waals surface area contributed by atoms with Crippen molar-refractivity contribution in [2.75, 3.05) is 20.2 Å². The molecule has 0 radical (unpaired) electrons. The molecule has 1 atom stereocenters. The lowest BCUT2D eigenvalue weighted by molar-refractivity contribution is 0.196. The average molecular weight is 376 g/mol. The molecule has 1 aromatic carbocycles. The molecule has 0 saturated heterocycles. The lowest BCUT2D eigenvalue weighted by atomic mass is 10.0. The first-order chi connectivity index (χ1) is 12.4. The van der Waals surface area contributed by atoms with E-state index in [4.69, 9.17) is 4.74 Å². The van der Waals surface area contributed by atoms with Gasteiger partial charge in [0, 0.05) is 6.54 Å². The highest BCUT2D eigenvalue weighted by Crippen LogP contribution is 2.40. The summed E-state index contributed by atoms with van der Waals surface area (Å²) in [6, 6.07) is 7.57. The van der Waals surface area contributed by atoms with E-state index in [9.17, 15) is 10.2 Å². The van der Waals surface area contributed by atoms with Crippen LogP contribution in [0.1, 0.15) is 36.2 Å². The van der Waals surface area contributed by atoms with E-state index in [0.717, 1.165) is 16.2 Å². The number of nitrogens with zero attached hydrogens (tertiary/aromatic N) is 4. The zero-order chi connectivity index (χ0) is 18.8. The van der Waals surface area contributed by atoms with Gasteiger partial charge in [0.15, 0.2) is 0 Å². The molecule has 26 heavy (non-hydrogen) atoms. The fourth-order valence-electron chi connectivity index (χ4n) is 2.95. The van der Waals surface area contributed by atoms with Crippen LogP contribution in [0, 0.1) is 6.92 Å². The summed E-state index contributed by atoms with van der Waals surface area (Å²) in [6.45, 7) is 6.25. The van der Waals surface area contributed by atoms with Gasteiger partial charge in [0.25, 0.3) is 0 Å². The van der Waals surface area contributed by atoms with Gasteiger partial charge < -0.3 is 14.9 Å². The molecule has 3 rings (SSSR count). The Kier molecular flexibility index (Phi) is 5.45. The minimum absolute atomic E-state index is 0.0236. The molecular formula is C18H24N4O3S. The number of aromatic nitrogens is 3. The van der Waals surface area contributed by atoms with Crippen LogP contribution in [-0.2, 0) is 0 Å². The topological polar surface area (TPSA) is 83.1 Å². The van der Waals surface area contributed by atoms with Gasteiger partial charge in [0.1, 0.15) is 11.6 Å². The lowest BCUT2D eigenvalue weighted by Gasteiger charge is -2.27. The molecule has 0 aliphatic rings. The highest BCUT2D eigenvalue weighted by Gasteiger charge is 2.27. The molecule has 0 fully saturated rings. The van der Waals surface area contributed by atoms with E-state index in [0.29, 0.717) is 17.3 Å². The van der Waals surface area contributed by atoms with Crippen LogP contribution in [0.5, 0.6) is 11.6 Å². The summed E-state index contributed by atoms with van der Waals surface area (Å²) in [7, 11) is 1.91. The number of thiazole rings is 1. The van der Waals surface area contributed by atoms with Crippen LogP contribution in [0.4, 0.5) is 0 Å². The smallest absolute Gasteiger partial charge is 0.230 e. The maximum atomic E-state index is 10.7. The molecule has 0 saturated carbocycles. The van der Waals surface area contributed by atoms with Crippen LogP contribution in [0.2, 0.25) is 0 Å². The van der Waals surface area contributed by atoms with Gasteiger partial charge in [0.2, 0.25) is 10.8 Å². The van der Waals surface area contributed by atoms with Crippen molar-refractivity contribution in [3.8, 4) is 11.6 Å². The van der Waals surface area contributed by atoms with E-state index >= 15 is 0 Å². The molecule has 3 aromatic rings. The van der Waals surface area contributed by atoms with Gasteiger partial charge in [-0.25, -0.2) is 4.98 Å². The van der Waals surface area contributed by atoms with E-state index in [1.807, 2.05) is 50.1 Å². The second-order valence-corrected chi connectivity index (χ2v) is 7.50. The number of fused-ring (bicyclic) bond motifs is 1. The molecule has 0 spiro atoms. The zero-order valence-electron chi connectivity index (χ0n) is 15.4. The number of rotatable bonds is 7. The van der Waals surface area contributed by atoms with Gasteiger partial charge in [-0.15, -0.1) is 5.10 Å². The normalized spacial score (nSPS) is 13.0. The van der Waals surface area contributed by atoms with E-state index < -0.39 is 0 Å². The van der Waals surface area contributed by atoms with E-state index in [1.54, 1.807) is 6.92 Å². The molecular weight excluding hydrogens is 352 g/mol. The van der Waals surface area contributed by atoms with Crippen LogP contribution in [0.15, 0.2) is 24.3 Å².